The average Bonchev–Trinajstić information content (AvgIpc) is 2.50. The van der Waals surface area contributed by atoms with Crippen molar-refractivity contribution in [3.8, 4) is 0 Å². The van der Waals surface area contributed by atoms with Crippen LogP contribution in [-0.2, 0) is 11.2 Å². The molecule has 2 fully saturated rings. The summed E-state index contributed by atoms with van der Waals surface area (Å²) in [7, 11) is 0. The van der Waals surface area contributed by atoms with E-state index in [1.165, 1.54) is 11.5 Å². The van der Waals surface area contributed by atoms with E-state index in [4.69, 9.17) is 16.3 Å². The van der Waals surface area contributed by atoms with E-state index in [0.29, 0.717) is 12.3 Å². The van der Waals surface area contributed by atoms with Crippen molar-refractivity contribution in [1.82, 2.24) is 0 Å². The maximum atomic E-state index is 10.6. The number of aliphatic hydroxyl groups excluding tert-OH is 1. The van der Waals surface area contributed by atoms with Gasteiger partial charge in [-0.15, -0.1) is 0 Å². The van der Waals surface area contributed by atoms with E-state index < -0.39 is 0 Å². The summed E-state index contributed by atoms with van der Waals surface area (Å²) in [6, 6.07) is 7.82. The van der Waals surface area contributed by atoms with Crippen LogP contribution in [-0.4, -0.2) is 34.9 Å². The van der Waals surface area contributed by atoms with Crippen molar-refractivity contribution in [1.29, 1.82) is 0 Å². The summed E-state index contributed by atoms with van der Waals surface area (Å²) in [6.45, 7) is 0.787. The second-order valence-corrected chi connectivity index (χ2v) is 7.89. The SMILES string of the molecule is OC(Cc1ccccc1Cl)C1CCOC2(CCSCC2)C1. The van der Waals surface area contributed by atoms with E-state index in [-0.39, 0.29) is 11.7 Å². The molecule has 0 aromatic heterocycles. The van der Waals surface area contributed by atoms with Crippen molar-refractivity contribution < 1.29 is 9.84 Å². The molecule has 2 atom stereocenters. The molecule has 0 saturated carbocycles. The Balaban J connectivity index is 1.64. The molecular formula is C17H23ClO2S. The van der Waals surface area contributed by atoms with Gasteiger partial charge in [0, 0.05) is 18.1 Å². The number of benzene rings is 1. The Hall–Kier alpha value is -0.220. The third-order valence-electron chi connectivity index (χ3n) is 4.87. The number of rotatable bonds is 3. The Morgan fingerprint density at radius 1 is 1.33 bits per heavy atom. The first-order valence-corrected chi connectivity index (χ1v) is 9.35. The summed E-state index contributed by atoms with van der Waals surface area (Å²) in [5.41, 5.74) is 1.08. The molecule has 1 N–H and O–H groups in total. The lowest BCUT2D eigenvalue weighted by atomic mass is 9.78. The summed E-state index contributed by atoms with van der Waals surface area (Å²) in [6.07, 6.45) is 4.55. The lowest BCUT2D eigenvalue weighted by Gasteiger charge is -2.44. The van der Waals surface area contributed by atoms with E-state index in [0.717, 1.165) is 42.9 Å². The van der Waals surface area contributed by atoms with Crippen LogP contribution in [0, 0.1) is 5.92 Å². The van der Waals surface area contributed by atoms with Crippen LogP contribution >= 0.6 is 23.4 Å². The predicted molar refractivity (Wildman–Crippen MR) is 89.1 cm³/mol. The van der Waals surface area contributed by atoms with E-state index in [1.807, 2.05) is 36.0 Å². The highest BCUT2D eigenvalue weighted by Gasteiger charge is 2.40. The fraction of sp³-hybridized carbons (Fsp3) is 0.647. The maximum Gasteiger partial charge on any atom is 0.0701 e. The molecule has 2 saturated heterocycles. The highest BCUT2D eigenvalue weighted by molar-refractivity contribution is 7.99. The van der Waals surface area contributed by atoms with Gasteiger partial charge in [-0.1, -0.05) is 29.8 Å². The highest BCUT2D eigenvalue weighted by atomic mass is 35.5. The van der Waals surface area contributed by atoms with Crippen LogP contribution in [0.25, 0.3) is 0 Å². The molecule has 1 aromatic rings. The first-order chi connectivity index (χ1) is 10.2. The van der Waals surface area contributed by atoms with Crippen LogP contribution in [0.3, 0.4) is 0 Å². The van der Waals surface area contributed by atoms with Gasteiger partial charge in [-0.05, 0) is 54.7 Å². The smallest absolute Gasteiger partial charge is 0.0701 e. The van der Waals surface area contributed by atoms with Crippen LogP contribution in [0.15, 0.2) is 24.3 Å². The van der Waals surface area contributed by atoms with Gasteiger partial charge in [-0.3, -0.25) is 0 Å². The summed E-state index contributed by atoms with van der Waals surface area (Å²) in [5, 5.41) is 11.4. The van der Waals surface area contributed by atoms with Crippen molar-refractivity contribution >= 4 is 23.4 Å². The normalized spacial score (nSPS) is 26.7. The minimum Gasteiger partial charge on any atom is -0.392 e. The van der Waals surface area contributed by atoms with Crippen LogP contribution < -0.4 is 0 Å². The first kappa shape index (κ1) is 15.7. The highest BCUT2D eigenvalue weighted by Crippen LogP contribution is 2.41. The molecule has 2 aliphatic rings. The van der Waals surface area contributed by atoms with Crippen molar-refractivity contribution in [3.63, 3.8) is 0 Å². The van der Waals surface area contributed by atoms with Crippen molar-refractivity contribution in [2.45, 2.75) is 43.8 Å². The minimum atomic E-state index is -0.319. The van der Waals surface area contributed by atoms with Gasteiger partial charge in [0.15, 0.2) is 0 Å². The lowest BCUT2D eigenvalue weighted by molar-refractivity contribution is -0.120. The van der Waals surface area contributed by atoms with E-state index in [2.05, 4.69) is 0 Å². The van der Waals surface area contributed by atoms with Crippen molar-refractivity contribution in [3.05, 3.63) is 34.9 Å². The summed E-state index contributed by atoms with van der Waals surface area (Å²) in [4.78, 5) is 0. The molecular weight excluding hydrogens is 304 g/mol. The molecule has 0 aliphatic carbocycles. The third-order valence-corrected chi connectivity index (χ3v) is 6.22. The monoisotopic (exact) mass is 326 g/mol. The van der Waals surface area contributed by atoms with Crippen LogP contribution in [0.4, 0.5) is 0 Å². The Kier molecular flexibility index (Phi) is 5.15. The van der Waals surface area contributed by atoms with Gasteiger partial charge in [0.25, 0.3) is 0 Å². The molecule has 4 heteroatoms. The van der Waals surface area contributed by atoms with Gasteiger partial charge in [-0.2, -0.15) is 11.8 Å². The van der Waals surface area contributed by atoms with Crippen molar-refractivity contribution in [2.75, 3.05) is 18.1 Å². The Bertz CT molecular complexity index is 468. The fourth-order valence-electron chi connectivity index (χ4n) is 3.54. The zero-order valence-electron chi connectivity index (χ0n) is 12.3. The Morgan fingerprint density at radius 2 is 2.10 bits per heavy atom. The number of ether oxygens (including phenoxy) is 1. The maximum absolute atomic E-state index is 10.6. The number of thioether (sulfide) groups is 1. The Labute approximate surface area is 136 Å². The predicted octanol–water partition coefficient (Wildman–Crippen LogP) is 3.94. The molecule has 2 aliphatic heterocycles. The van der Waals surface area contributed by atoms with Gasteiger partial charge in [-0.25, -0.2) is 0 Å². The number of aliphatic hydroxyl groups is 1. The van der Waals surface area contributed by atoms with Crippen molar-refractivity contribution in [2.24, 2.45) is 5.92 Å². The molecule has 0 bridgehead atoms. The molecule has 21 heavy (non-hydrogen) atoms. The van der Waals surface area contributed by atoms with E-state index >= 15 is 0 Å². The molecule has 1 spiro atoms. The molecule has 2 unspecified atom stereocenters. The largest absolute Gasteiger partial charge is 0.392 e. The first-order valence-electron chi connectivity index (χ1n) is 7.82. The molecule has 2 heterocycles. The molecule has 1 aromatic carbocycles. The second-order valence-electron chi connectivity index (χ2n) is 6.26. The number of hydrogen-bond acceptors (Lipinski definition) is 3. The quantitative estimate of drug-likeness (QED) is 0.912. The van der Waals surface area contributed by atoms with Gasteiger partial charge >= 0.3 is 0 Å². The van der Waals surface area contributed by atoms with E-state index in [9.17, 15) is 5.11 Å². The van der Waals surface area contributed by atoms with E-state index in [1.54, 1.807) is 0 Å². The van der Waals surface area contributed by atoms with Gasteiger partial charge in [0.05, 0.1) is 11.7 Å². The van der Waals surface area contributed by atoms with Crippen LogP contribution in [0.2, 0.25) is 5.02 Å². The van der Waals surface area contributed by atoms with Crippen LogP contribution in [0.5, 0.6) is 0 Å². The summed E-state index contributed by atoms with van der Waals surface area (Å²) in [5.74, 6) is 2.71. The van der Waals surface area contributed by atoms with Crippen LogP contribution in [0.1, 0.15) is 31.2 Å². The topological polar surface area (TPSA) is 29.5 Å². The van der Waals surface area contributed by atoms with Gasteiger partial charge < -0.3 is 9.84 Å². The zero-order valence-corrected chi connectivity index (χ0v) is 13.8. The molecule has 0 amide bonds. The Morgan fingerprint density at radius 3 is 2.86 bits per heavy atom. The zero-order chi connectivity index (χ0) is 14.7. The number of hydrogen-bond donors (Lipinski definition) is 1. The molecule has 2 nitrogen and oxygen atoms in total. The lowest BCUT2D eigenvalue weighted by Crippen LogP contribution is -2.45. The van der Waals surface area contributed by atoms with Gasteiger partial charge in [0.1, 0.15) is 0 Å². The minimum absolute atomic E-state index is 0.0373. The average molecular weight is 327 g/mol. The summed E-state index contributed by atoms with van der Waals surface area (Å²) >= 11 is 8.23. The third kappa shape index (κ3) is 3.76. The molecule has 3 rings (SSSR count). The standard InChI is InChI=1S/C17H23ClO2S/c18-15-4-2-1-3-13(15)11-16(19)14-5-8-20-17(12-14)6-9-21-10-7-17/h1-4,14,16,19H,5-12H2. The fourth-order valence-corrected chi connectivity index (χ4v) is 4.99. The second kappa shape index (κ2) is 6.91. The molecule has 0 radical (unpaired) electrons. The number of halogens is 1. The molecule has 116 valence electrons. The van der Waals surface area contributed by atoms with Gasteiger partial charge in [0.2, 0.25) is 0 Å². The summed E-state index contributed by atoms with van der Waals surface area (Å²) < 4.78 is 6.11.